The number of nitrogens with one attached hydrogen (secondary N) is 4. The van der Waals surface area contributed by atoms with Crippen LogP contribution in [0, 0.1) is 0 Å². The molecule has 0 rings (SSSR count). The minimum absolute atomic E-state index is 0. The number of hydrogen-bond acceptors (Lipinski definition) is 4. The fourth-order valence-electron chi connectivity index (χ4n) is 0. The van der Waals surface area contributed by atoms with Gasteiger partial charge in [-0.25, -0.2) is 0 Å². The molecule has 0 amide bonds. The molecule has 0 aromatic carbocycles. The minimum Gasteiger partial charge on any atom is -0.323 e. The molecule has 0 fully saturated rings. The summed E-state index contributed by atoms with van der Waals surface area (Å²) in [6.45, 7) is 0. The third-order valence-corrected chi connectivity index (χ3v) is 0. The first-order valence-electron chi connectivity index (χ1n) is 4.00. The predicted molar refractivity (Wildman–Crippen MR) is 59.9 cm³/mol. The van der Waals surface area contributed by atoms with E-state index in [2.05, 4.69) is 21.3 Å². The van der Waals surface area contributed by atoms with Crippen molar-refractivity contribution in [1.82, 2.24) is 21.3 Å². The molecule has 0 aliphatic rings. The number of rotatable bonds is 0. The van der Waals surface area contributed by atoms with Crippen LogP contribution < -0.4 is 21.3 Å². The smallest absolute Gasteiger partial charge is 0 e. The monoisotopic (exact) mass is 282 g/mol. The molecular weight excluding hydrogens is 253 g/mol. The molecule has 0 aromatic heterocycles. The van der Waals surface area contributed by atoms with Crippen LogP contribution in [-0.2, 0) is 19.5 Å². The quantitative estimate of drug-likeness (QED) is 0.445. The largest absolute Gasteiger partial charge is 0.323 e. The molecule has 5 heteroatoms. The van der Waals surface area contributed by atoms with E-state index in [0.29, 0.717) is 0 Å². The van der Waals surface area contributed by atoms with Crippen LogP contribution in [0.2, 0.25) is 0 Å². The first-order chi connectivity index (χ1) is 5.66. The zero-order valence-corrected chi connectivity index (χ0v) is 12.1. The second kappa shape index (κ2) is 82.2. The summed E-state index contributed by atoms with van der Waals surface area (Å²) in [7, 11) is 15.0. The molecule has 88 valence electrons. The average molecular weight is 281 g/mol. The molecule has 0 heterocycles. The van der Waals surface area contributed by atoms with E-state index >= 15 is 0 Å². The van der Waals surface area contributed by atoms with Gasteiger partial charge in [0.2, 0.25) is 0 Å². The Bertz CT molecular complexity index is 24.1. The van der Waals surface area contributed by atoms with E-state index in [4.69, 9.17) is 0 Å². The third-order valence-electron chi connectivity index (χ3n) is 0. The molecule has 4 nitrogen and oxygen atoms in total. The van der Waals surface area contributed by atoms with Crippen molar-refractivity contribution >= 4 is 0 Å². The normalized spacial score (nSPS) is 5.54. The molecule has 4 N–H and O–H groups in total. The van der Waals surface area contributed by atoms with E-state index in [9.17, 15) is 0 Å². The van der Waals surface area contributed by atoms with Crippen LogP contribution in [0.5, 0.6) is 0 Å². The summed E-state index contributed by atoms with van der Waals surface area (Å²) in [5.74, 6) is 0. The molecule has 0 unspecified atom stereocenters. The summed E-state index contributed by atoms with van der Waals surface area (Å²) >= 11 is 0. The fourth-order valence-corrected chi connectivity index (χ4v) is 0. The molecule has 0 spiro atoms. The maximum absolute atomic E-state index is 2.75. The Hall–Kier alpha value is 0.463. The summed E-state index contributed by atoms with van der Waals surface area (Å²) in [5.41, 5.74) is 0. The van der Waals surface area contributed by atoms with Gasteiger partial charge in [-0.3, -0.25) is 0 Å². The fraction of sp³-hybridized carbons (Fsp3) is 1.00. The van der Waals surface area contributed by atoms with Gasteiger partial charge in [-0.15, -0.1) is 0 Å². The topological polar surface area (TPSA) is 48.1 Å². The van der Waals surface area contributed by atoms with E-state index in [1.165, 1.54) is 0 Å². The van der Waals surface area contributed by atoms with E-state index < -0.39 is 0 Å². The molecule has 0 radical (unpaired) electrons. The first-order valence-corrected chi connectivity index (χ1v) is 4.00. The third kappa shape index (κ3) is 6350. The number of hydrogen-bond donors (Lipinski definition) is 4. The van der Waals surface area contributed by atoms with Crippen molar-refractivity contribution < 1.29 is 19.5 Å². The van der Waals surface area contributed by atoms with E-state index in [-0.39, 0.29) is 19.5 Å². The van der Waals surface area contributed by atoms with Gasteiger partial charge in [0.25, 0.3) is 0 Å². The van der Waals surface area contributed by atoms with Crippen LogP contribution in [0.15, 0.2) is 0 Å². The minimum atomic E-state index is 0. The van der Waals surface area contributed by atoms with Crippen LogP contribution in [0.3, 0.4) is 0 Å². The Morgan fingerprint density at radius 1 is 0.385 bits per heavy atom. The predicted octanol–water partition coefficient (Wildman–Crippen LogP) is -0.660. The summed E-state index contributed by atoms with van der Waals surface area (Å²) in [6.07, 6.45) is 0. The van der Waals surface area contributed by atoms with Crippen molar-refractivity contribution in [3.8, 4) is 0 Å². The summed E-state index contributed by atoms with van der Waals surface area (Å²) < 4.78 is 0. The summed E-state index contributed by atoms with van der Waals surface area (Å²) in [6, 6.07) is 0. The van der Waals surface area contributed by atoms with Crippen molar-refractivity contribution in [2.45, 2.75) is 0 Å². The Kier molecular flexibility index (Phi) is 185. The van der Waals surface area contributed by atoms with E-state index in [1.54, 1.807) is 0 Å². The standard InChI is InChI=1S/4C2H7N.Ru/c4*1-3-2;/h4*3H,1-2H3;. The SMILES string of the molecule is CNC.CNC.CNC.CNC.[Ru]. The summed E-state index contributed by atoms with van der Waals surface area (Å²) in [4.78, 5) is 0. The van der Waals surface area contributed by atoms with Crippen molar-refractivity contribution in [1.29, 1.82) is 0 Å². The zero-order valence-electron chi connectivity index (χ0n) is 10.4. The van der Waals surface area contributed by atoms with Gasteiger partial charge in [-0.05, 0) is 56.4 Å². The molecule has 0 atom stereocenters. The Labute approximate surface area is 97.4 Å². The second-order valence-electron chi connectivity index (χ2n) is 2.00. The van der Waals surface area contributed by atoms with Gasteiger partial charge in [0.15, 0.2) is 0 Å². The van der Waals surface area contributed by atoms with Crippen molar-refractivity contribution in [3.63, 3.8) is 0 Å². The molecule has 0 aliphatic heterocycles. The molecule has 0 bridgehead atoms. The first kappa shape index (κ1) is 29.2. The summed E-state index contributed by atoms with van der Waals surface area (Å²) in [5, 5.41) is 11.0. The van der Waals surface area contributed by atoms with Crippen molar-refractivity contribution in [2.24, 2.45) is 0 Å². The maximum atomic E-state index is 2.75. The molecule has 0 aliphatic carbocycles. The molecule has 0 aromatic rings. The molecule has 0 saturated heterocycles. The van der Waals surface area contributed by atoms with E-state index in [0.717, 1.165) is 0 Å². The van der Waals surface area contributed by atoms with Gasteiger partial charge < -0.3 is 21.3 Å². The van der Waals surface area contributed by atoms with E-state index in [1.807, 2.05) is 56.4 Å². The zero-order chi connectivity index (χ0) is 10.8. The van der Waals surface area contributed by atoms with Crippen LogP contribution in [0.25, 0.3) is 0 Å². The van der Waals surface area contributed by atoms with Crippen LogP contribution in [0.1, 0.15) is 0 Å². The van der Waals surface area contributed by atoms with Gasteiger partial charge in [-0.1, -0.05) is 0 Å². The van der Waals surface area contributed by atoms with Crippen molar-refractivity contribution in [2.75, 3.05) is 56.4 Å². The Morgan fingerprint density at radius 2 is 0.385 bits per heavy atom. The van der Waals surface area contributed by atoms with Gasteiger partial charge in [0.05, 0.1) is 0 Å². The van der Waals surface area contributed by atoms with Crippen LogP contribution >= 0.6 is 0 Å². The molecule has 0 saturated carbocycles. The molecule has 13 heavy (non-hydrogen) atoms. The van der Waals surface area contributed by atoms with Crippen molar-refractivity contribution in [3.05, 3.63) is 0 Å². The van der Waals surface area contributed by atoms with Gasteiger partial charge in [-0.2, -0.15) is 0 Å². The Balaban J connectivity index is -0.0000000213. The van der Waals surface area contributed by atoms with Crippen LogP contribution in [0.4, 0.5) is 0 Å². The van der Waals surface area contributed by atoms with Crippen LogP contribution in [-0.4, -0.2) is 56.4 Å². The second-order valence-corrected chi connectivity index (χ2v) is 2.00. The van der Waals surface area contributed by atoms with Gasteiger partial charge in [0, 0.05) is 19.5 Å². The molecular formula is C8H28N4Ru. The Morgan fingerprint density at radius 3 is 0.385 bits per heavy atom. The average Bonchev–Trinajstić information content (AvgIpc) is 1.92. The maximum Gasteiger partial charge on any atom is 0 e. The van der Waals surface area contributed by atoms with Gasteiger partial charge in [0.1, 0.15) is 0 Å². The van der Waals surface area contributed by atoms with Gasteiger partial charge >= 0.3 is 0 Å².